The highest BCUT2D eigenvalue weighted by atomic mass is 19.1. The molecule has 1 aromatic heterocycles. The van der Waals surface area contributed by atoms with Crippen molar-refractivity contribution >= 4 is 34.8 Å². The number of pyridine rings is 1. The summed E-state index contributed by atoms with van der Waals surface area (Å²) < 4.78 is 27.0. The van der Waals surface area contributed by atoms with E-state index in [4.69, 9.17) is 5.73 Å². The van der Waals surface area contributed by atoms with Gasteiger partial charge in [-0.05, 0) is 48.7 Å². The molecule has 2 heterocycles. The summed E-state index contributed by atoms with van der Waals surface area (Å²) in [6.45, 7) is 1.56. The Morgan fingerprint density at radius 2 is 1.71 bits per heavy atom. The highest BCUT2D eigenvalue weighted by Crippen LogP contribution is 2.24. The number of urea groups is 1. The molecule has 1 fully saturated rings. The van der Waals surface area contributed by atoms with E-state index in [9.17, 15) is 18.4 Å². The van der Waals surface area contributed by atoms with Gasteiger partial charge in [-0.15, -0.1) is 0 Å². The molecule has 34 heavy (non-hydrogen) atoms. The zero-order valence-electron chi connectivity index (χ0n) is 18.3. The second-order valence-corrected chi connectivity index (χ2v) is 7.94. The van der Waals surface area contributed by atoms with Crippen LogP contribution in [0.1, 0.15) is 28.8 Å². The zero-order chi connectivity index (χ0) is 24.1. The minimum absolute atomic E-state index is 0.0659. The first-order valence-corrected chi connectivity index (χ1v) is 10.8. The number of carbonyl (C=O) groups excluding carboxylic acids is 2. The molecule has 5 N–H and O–H groups in total. The number of nitrogens with one attached hydrogen (secondary N) is 3. The summed E-state index contributed by atoms with van der Waals surface area (Å²) in [5.41, 5.74) is 7.59. The lowest BCUT2D eigenvalue weighted by molar-refractivity contribution is 0.100. The summed E-state index contributed by atoms with van der Waals surface area (Å²) in [7, 11) is 0. The fraction of sp³-hybridized carbons (Fsp3) is 0.208. The number of likely N-dealkylation sites (tertiary alicyclic amines) is 1. The highest BCUT2D eigenvalue weighted by molar-refractivity contribution is 5.98. The maximum absolute atomic E-state index is 13.5. The van der Waals surface area contributed by atoms with Gasteiger partial charge in [0, 0.05) is 49.3 Å². The standard InChI is InChI=1S/C24H24F2N6O2/c25-16-8-15(9-17(26)10-16)13-28-21-12-22(29-14-20(21)23(27)33)30-18-4-3-5-19(11-18)31-24(34)32-6-1-2-7-32/h3-5,8-12,14H,1-2,6-7,13H2,(H2,27,33)(H,31,34)(H2,28,29,30). The van der Waals surface area contributed by atoms with Crippen LogP contribution in [0.3, 0.4) is 0 Å². The number of halogens is 2. The van der Waals surface area contributed by atoms with E-state index in [0.29, 0.717) is 28.4 Å². The fourth-order valence-electron chi connectivity index (χ4n) is 3.72. The van der Waals surface area contributed by atoms with E-state index in [1.54, 1.807) is 35.2 Å². The average molecular weight is 466 g/mol. The number of primary amides is 1. The monoisotopic (exact) mass is 466 g/mol. The van der Waals surface area contributed by atoms with Gasteiger partial charge < -0.3 is 26.6 Å². The van der Waals surface area contributed by atoms with Crippen LogP contribution in [0.15, 0.2) is 54.7 Å². The number of amides is 3. The van der Waals surface area contributed by atoms with Crippen LogP contribution in [0.5, 0.6) is 0 Å². The third-order valence-corrected chi connectivity index (χ3v) is 5.35. The Hall–Kier alpha value is -4.21. The third-order valence-electron chi connectivity index (χ3n) is 5.35. The average Bonchev–Trinajstić information content (AvgIpc) is 3.32. The number of aromatic nitrogens is 1. The van der Waals surface area contributed by atoms with E-state index in [1.807, 2.05) is 0 Å². The lowest BCUT2D eigenvalue weighted by Gasteiger charge is -2.17. The van der Waals surface area contributed by atoms with Crippen LogP contribution < -0.4 is 21.7 Å². The molecule has 2 aromatic carbocycles. The summed E-state index contributed by atoms with van der Waals surface area (Å²) in [6.07, 6.45) is 3.33. The maximum Gasteiger partial charge on any atom is 0.321 e. The van der Waals surface area contributed by atoms with Crippen molar-refractivity contribution in [1.82, 2.24) is 9.88 Å². The minimum Gasteiger partial charge on any atom is -0.380 e. The first-order chi connectivity index (χ1) is 16.4. The number of hydrogen-bond acceptors (Lipinski definition) is 5. The number of anilines is 4. The molecule has 3 amide bonds. The quantitative estimate of drug-likeness (QED) is 0.411. The normalized spacial score (nSPS) is 12.9. The predicted octanol–water partition coefficient (Wildman–Crippen LogP) is 4.44. The van der Waals surface area contributed by atoms with Gasteiger partial charge in [0.25, 0.3) is 5.91 Å². The van der Waals surface area contributed by atoms with E-state index in [0.717, 1.165) is 32.0 Å². The first-order valence-electron chi connectivity index (χ1n) is 10.8. The summed E-state index contributed by atoms with van der Waals surface area (Å²) in [5.74, 6) is -1.68. The van der Waals surface area contributed by atoms with E-state index in [2.05, 4.69) is 20.9 Å². The van der Waals surface area contributed by atoms with Gasteiger partial charge in [-0.25, -0.2) is 18.6 Å². The number of rotatable bonds is 7. The molecule has 10 heteroatoms. The Labute approximate surface area is 195 Å². The topological polar surface area (TPSA) is 112 Å². The van der Waals surface area contributed by atoms with Crippen molar-refractivity contribution in [3.63, 3.8) is 0 Å². The van der Waals surface area contributed by atoms with Crippen LogP contribution in [-0.4, -0.2) is 34.9 Å². The number of nitrogens with two attached hydrogens (primary N) is 1. The molecule has 0 radical (unpaired) electrons. The molecular weight excluding hydrogens is 442 g/mol. The largest absolute Gasteiger partial charge is 0.380 e. The van der Waals surface area contributed by atoms with Gasteiger partial charge in [-0.2, -0.15) is 0 Å². The van der Waals surface area contributed by atoms with Crippen LogP contribution in [-0.2, 0) is 6.54 Å². The number of hydrogen-bond donors (Lipinski definition) is 4. The van der Waals surface area contributed by atoms with Crippen LogP contribution >= 0.6 is 0 Å². The van der Waals surface area contributed by atoms with Crippen molar-refractivity contribution in [2.75, 3.05) is 29.0 Å². The molecule has 0 aliphatic carbocycles. The van der Waals surface area contributed by atoms with Crippen molar-refractivity contribution in [2.45, 2.75) is 19.4 Å². The zero-order valence-corrected chi connectivity index (χ0v) is 18.3. The molecule has 8 nitrogen and oxygen atoms in total. The molecular formula is C24H24F2N6O2. The lowest BCUT2D eigenvalue weighted by Crippen LogP contribution is -2.32. The first kappa shape index (κ1) is 23.0. The van der Waals surface area contributed by atoms with Crippen molar-refractivity contribution in [2.24, 2.45) is 5.73 Å². The van der Waals surface area contributed by atoms with Gasteiger partial charge in [0.05, 0.1) is 11.3 Å². The minimum atomic E-state index is -0.696. The summed E-state index contributed by atoms with van der Waals surface area (Å²) in [6, 6.07) is 11.8. The highest BCUT2D eigenvalue weighted by Gasteiger charge is 2.18. The van der Waals surface area contributed by atoms with Crippen molar-refractivity contribution in [1.29, 1.82) is 0 Å². The molecule has 4 rings (SSSR count). The van der Waals surface area contributed by atoms with Gasteiger partial charge in [0.15, 0.2) is 0 Å². The number of carbonyl (C=O) groups is 2. The Balaban J connectivity index is 1.48. The van der Waals surface area contributed by atoms with Crippen LogP contribution in [0.2, 0.25) is 0 Å². The molecule has 0 saturated carbocycles. The van der Waals surface area contributed by atoms with E-state index in [-0.39, 0.29) is 18.1 Å². The van der Waals surface area contributed by atoms with Crippen molar-refractivity contribution < 1.29 is 18.4 Å². The fourth-order valence-corrected chi connectivity index (χ4v) is 3.72. The predicted molar refractivity (Wildman–Crippen MR) is 126 cm³/mol. The van der Waals surface area contributed by atoms with Gasteiger partial charge >= 0.3 is 6.03 Å². The van der Waals surface area contributed by atoms with Gasteiger partial charge in [0.1, 0.15) is 17.5 Å². The molecule has 0 unspecified atom stereocenters. The van der Waals surface area contributed by atoms with Crippen LogP contribution in [0, 0.1) is 11.6 Å². The Morgan fingerprint density at radius 1 is 1.00 bits per heavy atom. The lowest BCUT2D eigenvalue weighted by atomic mass is 10.1. The summed E-state index contributed by atoms with van der Waals surface area (Å²) in [4.78, 5) is 30.2. The molecule has 176 valence electrons. The van der Waals surface area contributed by atoms with Gasteiger partial charge in [-0.3, -0.25) is 4.79 Å². The number of benzene rings is 2. The van der Waals surface area contributed by atoms with E-state index in [1.165, 1.54) is 18.3 Å². The molecule has 1 saturated heterocycles. The SMILES string of the molecule is NC(=O)c1cnc(Nc2cccc(NC(=O)N3CCCC3)c2)cc1NCc1cc(F)cc(F)c1. The second kappa shape index (κ2) is 10.2. The Bertz CT molecular complexity index is 1190. The van der Waals surface area contributed by atoms with E-state index < -0.39 is 17.5 Å². The van der Waals surface area contributed by atoms with Gasteiger partial charge in [0.2, 0.25) is 0 Å². The Morgan fingerprint density at radius 3 is 2.41 bits per heavy atom. The molecule has 0 atom stereocenters. The number of nitrogens with zero attached hydrogens (tertiary/aromatic N) is 2. The third kappa shape index (κ3) is 5.77. The smallest absolute Gasteiger partial charge is 0.321 e. The second-order valence-electron chi connectivity index (χ2n) is 7.94. The van der Waals surface area contributed by atoms with Crippen molar-refractivity contribution in [3.05, 3.63) is 77.5 Å². The van der Waals surface area contributed by atoms with Crippen LogP contribution in [0.4, 0.5) is 36.5 Å². The van der Waals surface area contributed by atoms with E-state index >= 15 is 0 Å². The summed E-state index contributed by atoms with van der Waals surface area (Å²) in [5, 5.41) is 8.99. The Kier molecular flexibility index (Phi) is 6.86. The molecule has 0 bridgehead atoms. The maximum atomic E-state index is 13.5. The molecule has 0 spiro atoms. The molecule has 3 aromatic rings. The van der Waals surface area contributed by atoms with Gasteiger partial charge in [-0.1, -0.05) is 6.07 Å². The van der Waals surface area contributed by atoms with Crippen molar-refractivity contribution in [3.8, 4) is 0 Å². The molecule has 1 aliphatic heterocycles. The summed E-state index contributed by atoms with van der Waals surface area (Å²) >= 11 is 0. The molecule has 1 aliphatic rings. The van der Waals surface area contributed by atoms with Crippen LogP contribution in [0.25, 0.3) is 0 Å².